The van der Waals surface area contributed by atoms with Crippen molar-refractivity contribution < 1.29 is 4.79 Å². The average Bonchev–Trinajstić information content (AvgIpc) is 2.39. The van der Waals surface area contributed by atoms with Crippen LogP contribution in [0.3, 0.4) is 0 Å². The van der Waals surface area contributed by atoms with Crippen molar-refractivity contribution >= 4 is 27.7 Å². The molecule has 0 saturated carbocycles. The summed E-state index contributed by atoms with van der Waals surface area (Å²) >= 11 is 3.36. The van der Waals surface area contributed by atoms with Crippen LogP contribution in [0.5, 0.6) is 0 Å². The topological polar surface area (TPSA) is 46.1 Å². The highest BCUT2D eigenvalue weighted by Gasteiger charge is 2.13. The van der Waals surface area contributed by atoms with Gasteiger partial charge in [0.15, 0.2) is 0 Å². The van der Waals surface area contributed by atoms with Crippen molar-refractivity contribution in [1.29, 1.82) is 0 Å². The van der Waals surface area contributed by atoms with E-state index >= 15 is 0 Å². The van der Waals surface area contributed by atoms with Gasteiger partial charge in [0.2, 0.25) is 5.91 Å². The van der Waals surface area contributed by atoms with Crippen LogP contribution in [-0.2, 0) is 11.2 Å². The molecule has 2 aromatic rings. The number of halogens is 1. The van der Waals surface area contributed by atoms with Crippen LogP contribution in [0.2, 0.25) is 0 Å². The molecule has 2 rings (SSSR count). The van der Waals surface area contributed by atoms with Gasteiger partial charge < -0.3 is 0 Å². The summed E-state index contributed by atoms with van der Waals surface area (Å²) in [5, 5.41) is 0. The smallest absolute Gasteiger partial charge is 0.233 e. The maximum absolute atomic E-state index is 12.1. The van der Waals surface area contributed by atoms with Crippen LogP contribution < -0.4 is 4.90 Å². The van der Waals surface area contributed by atoms with Gasteiger partial charge in [-0.2, -0.15) is 0 Å². The van der Waals surface area contributed by atoms with Crippen molar-refractivity contribution in [2.24, 2.45) is 0 Å². The highest BCUT2D eigenvalue weighted by Crippen LogP contribution is 2.16. The number of aromatic nitrogens is 2. The van der Waals surface area contributed by atoms with Crippen molar-refractivity contribution in [3.05, 3.63) is 52.9 Å². The van der Waals surface area contributed by atoms with E-state index in [4.69, 9.17) is 0 Å². The fourth-order valence-corrected chi connectivity index (χ4v) is 1.80. The molecule has 0 radical (unpaired) electrons. The van der Waals surface area contributed by atoms with Gasteiger partial charge in [-0.25, -0.2) is 4.98 Å². The monoisotopic (exact) mass is 305 g/mol. The molecule has 18 heavy (non-hydrogen) atoms. The predicted molar refractivity (Wildman–Crippen MR) is 73.3 cm³/mol. The standard InChI is InChI=1S/C13H12BrN3O/c1-17(12-8-10(14)5-7-16-12)13(18)9-11-4-2-3-6-15-11/h2-8H,9H2,1H3. The Morgan fingerprint density at radius 3 is 2.78 bits per heavy atom. The van der Waals surface area contributed by atoms with E-state index in [0.29, 0.717) is 5.82 Å². The molecular formula is C13H12BrN3O. The number of pyridine rings is 2. The number of rotatable bonds is 3. The Balaban J connectivity index is 2.10. The molecule has 0 saturated heterocycles. The summed E-state index contributed by atoms with van der Waals surface area (Å²) in [5.41, 5.74) is 0.754. The Bertz CT molecular complexity index is 545. The maximum atomic E-state index is 12.1. The third kappa shape index (κ3) is 3.13. The second kappa shape index (κ2) is 5.73. The summed E-state index contributed by atoms with van der Waals surface area (Å²) in [6.07, 6.45) is 3.61. The molecule has 0 spiro atoms. The molecule has 0 atom stereocenters. The van der Waals surface area contributed by atoms with Crippen LogP contribution in [0.4, 0.5) is 5.82 Å². The SMILES string of the molecule is CN(C(=O)Cc1ccccn1)c1cc(Br)ccn1. The predicted octanol–water partition coefficient (Wildman–Crippen LogP) is 2.44. The van der Waals surface area contributed by atoms with Crippen LogP contribution in [0.25, 0.3) is 0 Å². The first-order valence-corrected chi connectivity index (χ1v) is 6.24. The largest absolute Gasteiger partial charge is 0.300 e. The summed E-state index contributed by atoms with van der Waals surface area (Å²) in [5.74, 6) is 0.574. The molecule has 0 unspecified atom stereocenters. The maximum Gasteiger partial charge on any atom is 0.233 e. The van der Waals surface area contributed by atoms with Crippen molar-refractivity contribution in [3.8, 4) is 0 Å². The van der Waals surface area contributed by atoms with E-state index in [0.717, 1.165) is 10.2 Å². The molecule has 0 aliphatic heterocycles. The number of carbonyl (C=O) groups excluding carboxylic acids is 1. The molecular weight excluding hydrogens is 294 g/mol. The molecule has 0 aliphatic carbocycles. The van der Waals surface area contributed by atoms with Crippen molar-refractivity contribution in [2.45, 2.75) is 6.42 Å². The fraction of sp³-hybridized carbons (Fsp3) is 0.154. The van der Waals surface area contributed by atoms with E-state index in [-0.39, 0.29) is 12.3 Å². The highest BCUT2D eigenvalue weighted by molar-refractivity contribution is 9.10. The lowest BCUT2D eigenvalue weighted by Crippen LogP contribution is -2.28. The van der Waals surface area contributed by atoms with Crippen LogP contribution in [0.1, 0.15) is 5.69 Å². The Hall–Kier alpha value is -1.75. The molecule has 0 aromatic carbocycles. The average molecular weight is 306 g/mol. The minimum atomic E-state index is -0.0423. The van der Waals surface area contributed by atoms with Gasteiger partial charge in [0.25, 0.3) is 0 Å². The van der Waals surface area contributed by atoms with Gasteiger partial charge >= 0.3 is 0 Å². The first kappa shape index (κ1) is 12.7. The van der Waals surface area contributed by atoms with Crippen LogP contribution in [-0.4, -0.2) is 22.9 Å². The summed E-state index contributed by atoms with van der Waals surface area (Å²) in [7, 11) is 1.71. The number of amides is 1. The zero-order valence-corrected chi connectivity index (χ0v) is 11.5. The lowest BCUT2D eigenvalue weighted by Gasteiger charge is -2.16. The van der Waals surface area contributed by atoms with Gasteiger partial charge in [-0.15, -0.1) is 0 Å². The molecule has 4 nitrogen and oxygen atoms in total. The number of anilines is 1. The quantitative estimate of drug-likeness (QED) is 0.875. The van der Waals surface area contributed by atoms with Gasteiger partial charge in [0, 0.05) is 29.6 Å². The molecule has 0 N–H and O–H groups in total. The molecule has 5 heteroatoms. The summed E-state index contributed by atoms with van der Waals surface area (Å²) in [4.78, 5) is 21.9. The summed E-state index contributed by atoms with van der Waals surface area (Å²) < 4.78 is 0.894. The van der Waals surface area contributed by atoms with Crippen molar-refractivity contribution in [1.82, 2.24) is 9.97 Å². The van der Waals surface area contributed by atoms with Gasteiger partial charge in [0.1, 0.15) is 5.82 Å². The lowest BCUT2D eigenvalue weighted by molar-refractivity contribution is -0.117. The van der Waals surface area contributed by atoms with E-state index in [1.54, 1.807) is 25.5 Å². The van der Waals surface area contributed by atoms with E-state index < -0.39 is 0 Å². The van der Waals surface area contributed by atoms with Gasteiger partial charge in [-0.1, -0.05) is 22.0 Å². The summed E-state index contributed by atoms with van der Waals surface area (Å²) in [6.45, 7) is 0. The molecule has 0 bridgehead atoms. The minimum absolute atomic E-state index is 0.0423. The van der Waals surface area contributed by atoms with Crippen LogP contribution in [0, 0.1) is 0 Å². The third-order valence-electron chi connectivity index (χ3n) is 2.48. The first-order chi connectivity index (χ1) is 8.66. The Labute approximate surface area is 114 Å². The number of likely N-dealkylation sites (N-methyl/N-ethyl adjacent to an activating group) is 1. The fourth-order valence-electron chi connectivity index (χ4n) is 1.48. The normalized spacial score (nSPS) is 10.1. The zero-order valence-electron chi connectivity index (χ0n) is 9.88. The van der Waals surface area contributed by atoms with E-state index in [1.807, 2.05) is 24.3 Å². The molecule has 1 amide bonds. The second-order valence-electron chi connectivity index (χ2n) is 3.78. The van der Waals surface area contributed by atoms with Gasteiger partial charge in [-0.05, 0) is 24.3 Å². The molecule has 0 aliphatic rings. The van der Waals surface area contributed by atoms with E-state index in [1.165, 1.54) is 4.90 Å². The number of hydrogen-bond donors (Lipinski definition) is 0. The number of carbonyl (C=O) groups is 1. The summed E-state index contributed by atoms with van der Waals surface area (Å²) in [6, 6.07) is 9.15. The molecule has 92 valence electrons. The molecule has 2 heterocycles. The van der Waals surface area contributed by atoms with Crippen LogP contribution >= 0.6 is 15.9 Å². The van der Waals surface area contributed by atoms with Crippen molar-refractivity contribution in [2.75, 3.05) is 11.9 Å². The number of nitrogens with zero attached hydrogens (tertiary/aromatic N) is 3. The Kier molecular flexibility index (Phi) is 4.04. The number of hydrogen-bond acceptors (Lipinski definition) is 3. The van der Waals surface area contributed by atoms with Crippen LogP contribution in [0.15, 0.2) is 47.2 Å². The third-order valence-corrected chi connectivity index (χ3v) is 2.98. The second-order valence-corrected chi connectivity index (χ2v) is 4.70. The lowest BCUT2D eigenvalue weighted by atomic mass is 10.2. The van der Waals surface area contributed by atoms with Crippen molar-refractivity contribution in [3.63, 3.8) is 0 Å². The van der Waals surface area contributed by atoms with Gasteiger partial charge in [0.05, 0.1) is 6.42 Å². The Morgan fingerprint density at radius 1 is 1.28 bits per heavy atom. The van der Waals surface area contributed by atoms with E-state index in [2.05, 4.69) is 25.9 Å². The van der Waals surface area contributed by atoms with E-state index in [9.17, 15) is 4.79 Å². The zero-order chi connectivity index (χ0) is 13.0. The minimum Gasteiger partial charge on any atom is -0.300 e. The Morgan fingerprint density at radius 2 is 2.11 bits per heavy atom. The highest BCUT2D eigenvalue weighted by atomic mass is 79.9. The van der Waals surface area contributed by atoms with Gasteiger partial charge in [-0.3, -0.25) is 14.7 Å². The molecule has 2 aromatic heterocycles. The first-order valence-electron chi connectivity index (χ1n) is 5.45. The molecule has 0 fully saturated rings.